The van der Waals surface area contributed by atoms with Crippen LogP contribution >= 0.6 is 23.2 Å². The topological polar surface area (TPSA) is 64.8 Å². The van der Waals surface area contributed by atoms with Crippen LogP contribution < -0.4 is 0 Å². The Hall–Kier alpha value is -2.34. The molecule has 2 N–H and O–H groups in total. The molecule has 0 radical (unpaired) electrons. The van der Waals surface area contributed by atoms with Crippen molar-refractivity contribution < 1.29 is 4.79 Å². The van der Waals surface area contributed by atoms with E-state index in [2.05, 4.69) is 26.0 Å². The second-order valence-electron chi connectivity index (χ2n) is 8.37. The van der Waals surface area contributed by atoms with E-state index in [1.165, 1.54) is 10.9 Å². The van der Waals surface area contributed by atoms with Crippen LogP contribution in [0.4, 0.5) is 0 Å². The highest BCUT2D eigenvalue weighted by molar-refractivity contribution is 6.31. The number of piperidine rings is 1. The summed E-state index contributed by atoms with van der Waals surface area (Å²) < 4.78 is 0. The predicted octanol–water partition coefficient (Wildman–Crippen LogP) is 5.76. The zero-order chi connectivity index (χ0) is 21.4. The molecule has 0 atom stereocenters. The average Bonchev–Trinajstić information content (AvgIpc) is 3.35. The van der Waals surface area contributed by atoms with Gasteiger partial charge >= 0.3 is 0 Å². The number of H-pyrrole nitrogens is 2. The lowest BCUT2D eigenvalue weighted by atomic mass is 9.90. The summed E-state index contributed by atoms with van der Waals surface area (Å²) >= 11 is 12.2. The number of carbonyl (C=O) groups is 1. The highest BCUT2D eigenvalue weighted by atomic mass is 35.5. The van der Waals surface area contributed by atoms with Gasteiger partial charge in [-0.2, -0.15) is 0 Å². The monoisotopic (exact) mass is 454 g/mol. The molecule has 160 valence electrons. The van der Waals surface area contributed by atoms with E-state index in [9.17, 15) is 4.79 Å². The van der Waals surface area contributed by atoms with Gasteiger partial charge in [0.1, 0.15) is 11.6 Å². The van der Waals surface area contributed by atoms with E-state index in [4.69, 9.17) is 23.2 Å². The number of nitrogens with zero attached hydrogens (tertiary/aromatic N) is 2. The molecule has 0 spiro atoms. The van der Waals surface area contributed by atoms with Crippen LogP contribution in [-0.2, 0) is 17.8 Å². The molecule has 1 fully saturated rings. The Morgan fingerprint density at radius 2 is 1.84 bits per heavy atom. The summed E-state index contributed by atoms with van der Waals surface area (Å²) in [6.45, 7) is 2.75. The molecule has 2 aromatic carbocycles. The van der Waals surface area contributed by atoms with Gasteiger partial charge in [-0.25, -0.2) is 4.98 Å². The Bertz CT molecular complexity index is 1240. The molecule has 2 aromatic heterocycles. The molecule has 7 heteroatoms. The number of carbonyl (C=O) groups excluding carboxylic acids is 1. The summed E-state index contributed by atoms with van der Waals surface area (Å²) in [5, 5.41) is 2.62. The molecule has 0 saturated carbocycles. The fourth-order valence-corrected chi connectivity index (χ4v) is 4.88. The van der Waals surface area contributed by atoms with Gasteiger partial charge in [0, 0.05) is 52.4 Å². The molecular formula is C24H24Cl2N4O. The van der Waals surface area contributed by atoms with Gasteiger partial charge in [-0.05, 0) is 67.9 Å². The van der Waals surface area contributed by atoms with Crippen molar-refractivity contribution in [2.75, 3.05) is 13.1 Å². The third-order valence-electron chi connectivity index (χ3n) is 6.27. The van der Waals surface area contributed by atoms with Gasteiger partial charge < -0.3 is 9.97 Å². The Morgan fingerprint density at radius 3 is 2.68 bits per heavy atom. The normalized spacial score (nSPS) is 15.8. The van der Waals surface area contributed by atoms with Crippen LogP contribution in [0.1, 0.15) is 30.7 Å². The first-order chi connectivity index (χ1) is 15.0. The Kier molecular flexibility index (Phi) is 5.74. The molecular weight excluding hydrogens is 431 g/mol. The lowest BCUT2D eigenvalue weighted by Gasteiger charge is -2.31. The van der Waals surface area contributed by atoms with Gasteiger partial charge in [0.05, 0.1) is 11.0 Å². The second-order valence-corrected chi connectivity index (χ2v) is 9.24. The molecule has 1 saturated heterocycles. The minimum Gasteiger partial charge on any atom is -0.361 e. The van der Waals surface area contributed by atoms with E-state index in [1.807, 2.05) is 36.4 Å². The number of aromatic nitrogens is 3. The summed E-state index contributed by atoms with van der Waals surface area (Å²) in [5.74, 6) is 1.34. The zero-order valence-corrected chi connectivity index (χ0v) is 18.6. The molecule has 4 aromatic rings. The fourth-order valence-electron chi connectivity index (χ4n) is 4.53. The Balaban J connectivity index is 1.14. The zero-order valence-electron chi connectivity index (χ0n) is 17.1. The maximum atomic E-state index is 12.8. The molecule has 31 heavy (non-hydrogen) atoms. The number of aromatic amines is 2. The van der Waals surface area contributed by atoms with Gasteiger partial charge in [0.15, 0.2) is 0 Å². The van der Waals surface area contributed by atoms with Crippen LogP contribution in [0.2, 0.25) is 10.0 Å². The van der Waals surface area contributed by atoms with E-state index in [0.717, 1.165) is 59.9 Å². The van der Waals surface area contributed by atoms with Crippen molar-refractivity contribution in [3.8, 4) is 0 Å². The number of hydrogen-bond acceptors (Lipinski definition) is 3. The third-order valence-corrected chi connectivity index (χ3v) is 6.74. The van der Waals surface area contributed by atoms with Gasteiger partial charge in [0.25, 0.3) is 0 Å². The smallest absolute Gasteiger partial charge is 0.136 e. The summed E-state index contributed by atoms with van der Waals surface area (Å²) in [6.07, 6.45) is 5.06. The number of nitrogens with one attached hydrogen (secondary N) is 2. The van der Waals surface area contributed by atoms with Crippen LogP contribution in [0.5, 0.6) is 0 Å². The van der Waals surface area contributed by atoms with Crippen LogP contribution in [0.25, 0.3) is 21.9 Å². The highest BCUT2D eigenvalue weighted by Crippen LogP contribution is 2.26. The number of hydrogen-bond donors (Lipinski definition) is 2. The number of likely N-dealkylation sites (tertiary alicyclic amines) is 1. The first-order valence-electron chi connectivity index (χ1n) is 10.7. The van der Waals surface area contributed by atoms with Crippen LogP contribution in [-0.4, -0.2) is 38.7 Å². The minimum atomic E-state index is 0.146. The minimum absolute atomic E-state index is 0.146. The summed E-state index contributed by atoms with van der Waals surface area (Å²) in [7, 11) is 0. The van der Waals surface area contributed by atoms with Crippen molar-refractivity contribution in [1.82, 2.24) is 19.9 Å². The molecule has 0 aliphatic carbocycles. The van der Waals surface area contributed by atoms with Crippen molar-refractivity contribution in [1.29, 1.82) is 0 Å². The highest BCUT2D eigenvalue weighted by Gasteiger charge is 2.25. The number of rotatable bonds is 6. The molecule has 0 unspecified atom stereocenters. The van der Waals surface area contributed by atoms with E-state index in [-0.39, 0.29) is 5.92 Å². The molecule has 1 aliphatic heterocycles. The Morgan fingerprint density at radius 1 is 1.06 bits per heavy atom. The average molecular weight is 455 g/mol. The lowest BCUT2D eigenvalue weighted by molar-refractivity contribution is -0.124. The largest absolute Gasteiger partial charge is 0.361 e. The van der Waals surface area contributed by atoms with Crippen molar-refractivity contribution in [3.63, 3.8) is 0 Å². The predicted molar refractivity (Wildman–Crippen MR) is 126 cm³/mol. The second kappa shape index (κ2) is 8.65. The number of imidazole rings is 1. The summed E-state index contributed by atoms with van der Waals surface area (Å²) in [5.41, 5.74) is 4.17. The van der Waals surface area contributed by atoms with Crippen molar-refractivity contribution >= 4 is 50.9 Å². The quantitative estimate of drug-likeness (QED) is 0.388. The van der Waals surface area contributed by atoms with Gasteiger partial charge in [-0.15, -0.1) is 0 Å². The van der Waals surface area contributed by atoms with Crippen molar-refractivity contribution in [2.24, 2.45) is 5.92 Å². The number of halogens is 2. The molecule has 5 nitrogen and oxygen atoms in total. The van der Waals surface area contributed by atoms with E-state index in [0.29, 0.717) is 23.6 Å². The van der Waals surface area contributed by atoms with Crippen molar-refractivity contribution in [3.05, 3.63) is 64.0 Å². The molecule has 5 rings (SSSR count). The first kappa shape index (κ1) is 20.6. The maximum Gasteiger partial charge on any atom is 0.136 e. The van der Waals surface area contributed by atoms with Crippen LogP contribution in [0, 0.1) is 5.92 Å². The molecule has 3 heterocycles. The number of fused-ring (bicyclic) bond motifs is 2. The molecule has 0 bridgehead atoms. The fraction of sp³-hybridized carbons (Fsp3) is 0.333. The standard InChI is InChI=1S/C24H24Cl2N4O/c25-17-1-3-20-19(11-17)16(13-27-20)14-30-9-7-15(8-10-30)23(31)5-6-24-28-21-4-2-18(26)12-22(21)29-24/h1-4,11-13,15,27H,5-10,14H2,(H,28,29). The number of aryl methyl sites for hydroxylation is 1. The van der Waals surface area contributed by atoms with E-state index >= 15 is 0 Å². The first-order valence-corrected chi connectivity index (χ1v) is 11.5. The molecule has 0 amide bonds. The third kappa shape index (κ3) is 4.49. The van der Waals surface area contributed by atoms with Crippen LogP contribution in [0.3, 0.4) is 0 Å². The lowest BCUT2D eigenvalue weighted by Crippen LogP contribution is -2.36. The number of ketones is 1. The number of benzene rings is 2. The summed E-state index contributed by atoms with van der Waals surface area (Å²) in [6, 6.07) is 11.5. The van der Waals surface area contributed by atoms with Gasteiger partial charge in [0.2, 0.25) is 0 Å². The van der Waals surface area contributed by atoms with Crippen LogP contribution in [0.15, 0.2) is 42.6 Å². The van der Waals surface area contributed by atoms with Gasteiger partial charge in [-0.1, -0.05) is 23.2 Å². The van der Waals surface area contributed by atoms with E-state index in [1.54, 1.807) is 0 Å². The van der Waals surface area contributed by atoms with Gasteiger partial charge in [-0.3, -0.25) is 9.69 Å². The number of Topliss-reactive ketones (excluding diaryl/α,β-unsaturated/α-hetero) is 1. The molecule has 1 aliphatic rings. The summed E-state index contributed by atoms with van der Waals surface area (Å²) in [4.78, 5) is 26.4. The van der Waals surface area contributed by atoms with Crippen molar-refractivity contribution in [2.45, 2.75) is 32.2 Å². The van der Waals surface area contributed by atoms with E-state index < -0.39 is 0 Å². The SMILES string of the molecule is O=C(CCc1nc2ccc(Cl)cc2[nH]1)C1CCN(Cc2c[nH]c3ccc(Cl)cc23)CC1. The maximum absolute atomic E-state index is 12.8. The Labute approximate surface area is 190 Å².